The number of carbonyl (C=O) groups excluding carboxylic acids is 1. The number of aryl methyl sites for hydroxylation is 1. The lowest BCUT2D eigenvalue weighted by Gasteiger charge is -2.11. The van der Waals surface area contributed by atoms with Crippen molar-refractivity contribution in [1.29, 1.82) is 5.26 Å². The Bertz CT molecular complexity index is 759. The molecule has 0 aliphatic rings. The summed E-state index contributed by atoms with van der Waals surface area (Å²) < 4.78 is 1.59. The molecule has 0 bridgehead atoms. The van der Waals surface area contributed by atoms with Gasteiger partial charge >= 0.3 is 0 Å². The minimum absolute atomic E-state index is 0.202. The fourth-order valence-corrected chi connectivity index (χ4v) is 2.07. The van der Waals surface area contributed by atoms with Crippen molar-refractivity contribution in [3.8, 4) is 17.2 Å². The van der Waals surface area contributed by atoms with Crippen LogP contribution >= 0.6 is 11.6 Å². The average Bonchev–Trinajstić information content (AvgIpc) is 2.91. The van der Waals surface area contributed by atoms with Crippen LogP contribution in [0.3, 0.4) is 0 Å². The first-order valence-electron chi connectivity index (χ1n) is 6.03. The molecule has 0 fully saturated rings. The van der Waals surface area contributed by atoms with Crippen LogP contribution in [0.15, 0.2) is 42.7 Å². The number of ketones is 1. The Balaban J connectivity index is 2.52. The molecule has 0 amide bonds. The molecular formula is C15H12ClN3O2. The lowest BCUT2D eigenvalue weighted by molar-refractivity contribution is 0.0812. The van der Waals surface area contributed by atoms with Gasteiger partial charge in [0.05, 0.1) is 17.8 Å². The molecule has 2 rings (SSSR count). The van der Waals surface area contributed by atoms with Gasteiger partial charge in [0.25, 0.3) is 0 Å². The number of aliphatic hydroxyl groups is 1. The Morgan fingerprint density at radius 1 is 1.57 bits per heavy atom. The lowest BCUT2D eigenvalue weighted by Crippen LogP contribution is -2.22. The van der Waals surface area contributed by atoms with Crippen molar-refractivity contribution in [3.05, 3.63) is 53.3 Å². The smallest absolute Gasteiger partial charge is 0.197 e. The number of hydrogen-bond donors (Lipinski definition) is 1. The van der Waals surface area contributed by atoms with Gasteiger partial charge in [-0.25, -0.2) is 0 Å². The van der Waals surface area contributed by atoms with Crippen molar-refractivity contribution in [2.24, 2.45) is 7.05 Å². The molecule has 21 heavy (non-hydrogen) atoms. The third-order valence-corrected chi connectivity index (χ3v) is 3.22. The summed E-state index contributed by atoms with van der Waals surface area (Å²) in [5, 5.41) is 23.1. The first kappa shape index (κ1) is 15.0. The van der Waals surface area contributed by atoms with E-state index < -0.39 is 11.9 Å². The molecule has 1 atom stereocenters. The number of hydrogen-bond acceptors (Lipinski definition) is 4. The number of Topliss-reactive ketones (excluding diaryl/α,β-unsaturated/α-hetero) is 1. The number of halogens is 1. The molecule has 0 unspecified atom stereocenters. The van der Waals surface area contributed by atoms with E-state index in [1.165, 1.54) is 6.07 Å². The van der Waals surface area contributed by atoms with Crippen molar-refractivity contribution >= 4 is 17.4 Å². The second-order valence-electron chi connectivity index (χ2n) is 4.50. The molecule has 1 aromatic heterocycles. The molecule has 1 aromatic carbocycles. The minimum atomic E-state index is -1.56. The molecule has 2 aromatic rings. The Kier molecular flexibility index (Phi) is 4.22. The van der Waals surface area contributed by atoms with Crippen LogP contribution in [0.4, 0.5) is 0 Å². The molecule has 5 nitrogen and oxygen atoms in total. The summed E-state index contributed by atoms with van der Waals surface area (Å²) in [5.74, 6) is -0.600. The van der Waals surface area contributed by atoms with Gasteiger partial charge in [0, 0.05) is 29.4 Å². The Hall–Kier alpha value is -2.42. The third-order valence-electron chi connectivity index (χ3n) is 2.98. The van der Waals surface area contributed by atoms with Crippen LogP contribution in [0.1, 0.15) is 10.4 Å². The van der Waals surface area contributed by atoms with E-state index in [9.17, 15) is 9.90 Å². The van der Waals surface area contributed by atoms with E-state index in [4.69, 9.17) is 16.9 Å². The third kappa shape index (κ3) is 3.02. The van der Waals surface area contributed by atoms with Gasteiger partial charge in [-0.15, -0.1) is 0 Å². The Morgan fingerprint density at radius 2 is 2.29 bits per heavy atom. The van der Waals surface area contributed by atoms with Crippen LogP contribution in [0, 0.1) is 11.3 Å². The first-order valence-corrected chi connectivity index (χ1v) is 6.41. The van der Waals surface area contributed by atoms with Crippen molar-refractivity contribution in [3.63, 3.8) is 0 Å². The standard InChI is InChI=1S/C15H12ClN3O2/c1-9(6-17)14(20)15(21)12-4-3-11(16)5-13(12)10-7-18-19(2)8-10/h3-5,7-8,14,20H,1H2,2H3/t14-/m0/s1. The van der Waals surface area contributed by atoms with E-state index in [1.54, 1.807) is 42.3 Å². The highest BCUT2D eigenvalue weighted by Gasteiger charge is 2.23. The van der Waals surface area contributed by atoms with Gasteiger partial charge in [0.1, 0.15) is 0 Å². The molecule has 0 aliphatic heterocycles. The summed E-state index contributed by atoms with van der Waals surface area (Å²) in [6, 6.07) is 6.37. The van der Waals surface area contributed by atoms with Gasteiger partial charge in [-0.05, 0) is 23.8 Å². The summed E-state index contributed by atoms with van der Waals surface area (Å²) in [7, 11) is 1.75. The lowest BCUT2D eigenvalue weighted by atomic mass is 9.94. The molecule has 1 N–H and O–H groups in total. The van der Waals surface area contributed by atoms with Crippen LogP contribution < -0.4 is 0 Å². The van der Waals surface area contributed by atoms with Gasteiger partial charge in [-0.1, -0.05) is 18.2 Å². The average molecular weight is 302 g/mol. The maximum Gasteiger partial charge on any atom is 0.197 e. The van der Waals surface area contributed by atoms with Crippen molar-refractivity contribution < 1.29 is 9.90 Å². The quantitative estimate of drug-likeness (QED) is 0.694. The predicted octanol–water partition coefficient (Wildman–Crippen LogP) is 2.36. The van der Waals surface area contributed by atoms with Gasteiger partial charge in [0.2, 0.25) is 0 Å². The van der Waals surface area contributed by atoms with Crippen LogP contribution in [0.2, 0.25) is 5.02 Å². The topological polar surface area (TPSA) is 78.9 Å². The van der Waals surface area contributed by atoms with Crippen LogP contribution in [-0.2, 0) is 7.05 Å². The fourth-order valence-electron chi connectivity index (χ4n) is 1.90. The zero-order valence-electron chi connectivity index (χ0n) is 11.2. The van der Waals surface area contributed by atoms with Crippen LogP contribution in [0.5, 0.6) is 0 Å². The Labute approximate surface area is 126 Å². The molecule has 0 radical (unpaired) electrons. The van der Waals surface area contributed by atoms with E-state index in [-0.39, 0.29) is 11.1 Å². The number of rotatable bonds is 4. The summed E-state index contributed by atoms with van der Waals surface area (Å²) in [6.45, 7) is 3.37. The Morgan fingerprint density at radius 3 is 2.86 bits per heavy atom. The summed E-state index contributed by atoms with van der Waals surface area (Å²) in [4.78, 5) is 12.3. The zero-order valence-corrected chi connectivity index (χ0v) is 12.0. The number of nitrogens with zero attached hydrogens (tertiary/aromatic N) is 3. The van der Waals surface area contributed by atoms with Gasteiger partial charge in [-0.3, -0.25) is 9.48 Å². The summed E-state index contributed by atoms with van der Waals surface area (Å²) >= 11 is 5.98. The van der Waals surface area contributed by atoms with Gasteiger partial charge in [0.15, 0.2) is 11.9 Å². The second-order valence-corrected chi connectivity index (χ2v) is 4.93. The molecule has 0 saturated heterocycles. The number of nitriles is 1. The largest absolute Gasteiger partial charge is 0.379 e. The first-order chi connectivity index (χ1) is 9.93. The van der Waals surface area contributed by atoms with Crippen LogP contribution in [0.25, 0.3) is 11.1 Å². The van der Waals surface area contributed by atoms with Crippen molar-refractivity contribution in [1.82, 2.24) is 9.78 Å². The molecule has 0 aliphatic carbocycles. The van der Waals surface area contributed by atoms with Gasteiger partial charge < -0.3 is 5.11 Å². The molecular weight excluding hydrogens is 290 g/mol. The highest BCUT2D eigenvalue weighted by Crippen LogP contribution is 2.28. The molecule has 106 valence electrons. The summed E-state index contributed by atoms with van der Waals surface area (Å²) in [6.07, 6.45) is 1.76. The zero-order chi connectivity index (χ0) is 15.6. The monoisotopic (exact) mass is 301 g/mol. The normalized spacial score (nSPS) is 11.7. The number of aliphatic hydroxyl groups excluding tert-OH is 1. The van der Waals surface area contributed by atoms with Crippen molar-refractivity contribution in [2.45, 2.75) is 6.10 Å². The van der Waals surface area contributed by atoms with Crippen LogP contribution in [-0.4, -0.2) is 26.8 Å². The highest BCUT2D eigenvalue weighted by molar-refractivity contribution is 6.31. The fraction of sp³-hybridized carbons (Fsp3) is 0.133. The van der Waals surface area contributed by atoms with Gasteiger partial charge in [-0.2, -0.15) is 10.4 Å². The maximum atomic E-state index is 12.3. The second kappa shape index (κ2) is 5.92. The van der Waals surface area contributed by atoms with E-state index >= 15 is 0 Å². The number of benzene rings is 1. The molecule has 0 spiro atoms. The minimum Gasteiger partial charge on any atom is -0.379 e. The van der Waals surface area contributed by atoms with E-state index in [0.29, 0.717) is 16.1 Å². The molecule has 1 heterocycles. The number of carbonyl (C=O) groups is 1. The number of aromatic nitrogens is 2. The van der Waals surface area contributed by atoms with Crippen molar-refractivity contribution in [2.75, 3.05) is 0 Å². The summed E-state index contributed by atoms with van der Waals surface area (Å²) in [5.41, 5.74) is 1.30. The molecule has 6 heteroatoms. The van der Waals surface area contributed by atoms with E-state index in [2.05, 4.69) is 11.7 Å². The highest BCUT2D eigenvalue weighted by atomic mass is 35.5. The van der Waals surface area contributed by atoms with E-state index in [0.717, 1.165) is 0 Å². The maximum absolute atomic E-state index is 12.3. The predicted molar refractivity (Wildman–Crippen MR) is 78.7 cm³/mol. The van der Waals surface area contributed by atoms with E-state index in [1.807, 2.05) is 0 Å². The molecule has 0 saturated carbocycles. The SMILES string of the molecule is C=C(C#N)[C@H](O)C(=O)c1ccc(Cl)cc1-c1cnn(C)c1.